The summed E-state index contributed by atoms with van der Waals surface area (Å²) in [5.74, 6) is 0.463. The first kappa shape index (κ1) is 17.9. The molecule has 0 atom stereocenters. The molecule has 8 heteroatoms. The molecule has 4 rings (SSSR count). The summed E-state index contributed by atoms with van der Waals surface area (Å²) in [5.41, 5.74) is 8.25. The maximum Gasteiger partial charge on any atom is 0.158 e. The summed E-state index contributed by atoms with van der Waals surface area (Å²) in [5, 5.41) is 5.66. The highest BCUT2D eigenvalue weighted by Crippen LogP contribution is 2.38. The van der Waals surface area contributed by atoms with E-state index in [0.29, 0.717) is 32.3 Å². The van der Waals surface area contributed by atoms with Gasteiger partial charge in [-0.15, -0.1) is 0 Å². The Labute approximate surface area is 170 Å². The van der Waals surface area contributed by atoms with E-state index in [0.717, 1.165) is 15.8 Å². The number of nitrogen functional groups attached to an aromatic ring is 1. The third kappa shape index (κ3) is 3.64. The van der Waals surface area contributed by atoms with Crippen LogP contribution in [-0.2, 0) is 0 Å². The second kappa shape index (κ2) is 7.60. The van der Waals surface area contributed by atoms with Crippen LogP contribution in [0.3, 0.4) is 0 Å². The molecule has 0 radical (unpaired) electrons. The molecule has 0 bridgehead atoms. The van der Waals surface area contributed by atoms with Crippen molar-refractivity contribution in [3.63, 3.8) is 0 Å². The lowest BCUT2D eigenvalue weighted by molar-refractivity contribution is 1.06. The number of hydrogen-bond acceptors (Lipinski definition) is 6. The van der Waals surface area contributed by atoms with Crippen LogP contribution in [0, 0.1) is 0 Å². The van der Waals surface area contributed by atoms with Gasteiger partial charge >= 0.3 is 0 Å². The molecule has 0 saturated heterocycles. The molecule has 0 amide bonds. The van der Waals surface area contributed by atoms with E-state index in [9.17, 15) is 0 Å². The highest BCUT2D eigenvalue weighted by molar-refractivity contribution is 7.99. The molecule has 0 aliphatic carbocycles. The van der Waals surface area contributed by atoms with E-state index in [1.807, 2.05) is 30.3 Å². The van der Waals surface area contributed by atoms with E-state index < -0.39 is 0 Å². The van der Waals surface area contributed by atoms with Crippen LogP contribution >= 0.6 is 35.0 Å². The second-order valence-corrected chi connectivity index (χ2v) is 7.42. The van der Waals surface area contributed by atoms with Crippen molar-refractivity contribution in [3.05, 3.63) is 71.1 Å². The quantitative estimate of drug-likeness (QED) is 0.411. The maximum atomic E-state index is 6.31. The van der Waals surface area contributed by atoms with E-state index in [-0.39, 0.29) is 0 Å². The lowest BCUT2D eigenvalue weighted by Gasteiger charge is -2.13. The van der Waals surface area contributed by atoms with Crippen LogP contribution in [-0.4, -0.2) is 15.0 Å². The molecular weight excluding hydrogens is 401 g/mol. The van der Waals surface area contributed by atoms with E-state index in [1.54, 1.807) is 24.4 Å². The number of nitrogens with one attached hydrogen (secondary N) is 1. The van der Waals surface area contributed by atoms with Gasteiger partial charge in [0, 0.05) is 16.5 Å². The molecule has 0 fully saturated rings. The Balaban J connectivity index is 1.69. The molecule has 2 aromatic heterocycles. The van der Waals surface area contributed by atoms with Crippen molar-refractivity contribution < 1.29 is 0 Å². The molecule has 2 aromatic carbocycles. The third-order valence-corrected chi connectivity index (χ3v) is 5.74. The minimum absolute atomic E-state index is 0.407. The fourth-order valence-corrected chi connectivity index (χ4v) is 3.83. The van der Waals surface area contributed by atoms with Crippen LogP contribution in [0.5, 0.6) is 0 Å². The SMILES string of the molecule is Nc1c(Nc2cccc(Cl)c2Cl)ncnc1Sc1cccc2cccnc12. The fraction of sp³-hybridized carbons (Fsp3) is 0. The predicted molar refractivity (Wildman–Crippen MR) is 112 cm³/mol. The molecule has 3 N–H and O–H groups in total. The van der Waals surface area contributed by atoms with Crippen LogP contribution in [0.25, 0.3) is 10.9 Å². The Morgan fingerprint density at radius 1 is 0.926 bits per heavy atom. The summed E-state index contributed by atoms with van der Waals surface area (Å²) in [6, 6.07) is 15.2. The number of para-hydroxylation sites is 1. The van der Waals surface area contributed by atoms with Crippen LogP contribution in [0.15, 0.2) is 71.0 Å². The zero-order valence-electron chi connectivity index (χ0n) is 13.9. The monoisotopic (exact) mass is 413 g/mol. The van der Waals surface area contributed by atoms with Gasteiger partial charge in [0.05, 0.1) is 21.2 Å². The van der Waals surface area contributed by atoms with Crippen molar-refractivity contribution in [2.45, 2.75) is 9.92 Å². The zero-order chi connectivity index (χ0) is 18.8. The fourth-order valence-electron chi connectivity index (χ4n) is 2.55. The zero-order valence-corrected chi connectivity index (χ0v) is 16.2. The normalized spacial score (nSPS) is 10.9. The van der Waals surface area contributed by atoms with Crippen molar-refractivity contribution in [2.24, 2.45) is 0 Å². The van der Waals surface area contributed by atoms with Crippen molar-refractivity contribution >= 4 is 63.1 Å². The number of rotatable bonds is 4. The minimum Gasteiger partial charge on any atom is -0.394 e. The van der Waals surface area contributed by atoms with Crippen LogP contribution < -0.4 is 11.1 Å². The molecule has 2 heterocycles. The van der Waals surface area contributed by atoms with Gasteiger partial charge in [-0.25, -0.2) is 9.97 Å². The summed E-state index contributed by atoms with van der Waals surface area (Å²) in [4.78, 5) is 14.0. The number of fused-ring (bicyclic) bond motifs is 1. The number of benzene rings is 2. The van der Waals surface area contributed by atoms with E-state index in [2.05, 4.69) is 20.3 Å². The smallest absolute Gasteiger partial charge is 0.158 e. The van der Waals surface area contributed by atoms with Gasteiger partial charge in [-0.05, 0) is 24.3 Å². The summed E-state index contributed by atoms with van der Waals surface area (Å²) >= 11 is 13.7. The van der Waals surface area contributed by atoms with E-state index in [4.69, 9.17) is 28.9 Å². The highest BCUT2D eigenvalue weighted by atomic mass is 35.5. The lowest BCUT2D eigenvalue weighted by atomic mass is 10.2. The van der Waals surface area contributed by atoms with Crippen molar-refractivity contribution in [2.75, 3.05) is 11.1 Å². The van der Waals surface area contributed by atoms with Crippen molar-refractivity contribution in [1.29, 1.82) is 0 Å². The van der Waals surface area contributed by atoms with Crippen molar-refractivity contribution in [1.82, 2.24) is 15.0 Å². The molecule has 0 aliphatic heterocycles. The molecule has 0 spiro atoms. The Morgan fingerprint density at radius 3 is 2.63 bits per heavy atom. The Morgan fingerprint density at radius 2 is 1.74 bits per heavy atom. The summed E-state index contributed by atoms with van der Waals surface area (Å²) in [7, 11) is 0. The van der Waals surface area contributed by atoms with E-state index >= 15 is 0 Å². The van der Waals surface area contributed by atoms with Gasteiger partial charge in [-0.1, -0.05) is 59.2 Å². The van der Waals surface area contributed by atoms with Gasteiger partial charge in [-0.3, -0.25) is 4.98 Å². The number of nitrogens with two attached hydrogens (primary N) is 1. The average Bonchev–Trinajstić information content (AvgIpc) is 2.69. The Kier molecular flexibility index (Phi) is 5.03. The molecule has 0 saturated carbocycles. The summed E-state index contributed by atoms with van der Waals surface area (Å²) in [6.45, 7) is 0. The number of nitrogens with zero attached hydrogens (tertiary/aromatic N) is 3. The predicted octanol–water partition coefficient (Wildman–Crippen LogP) is 5.81. The van der Waals surface area contributed by atoms with Crippen LogP contribution in [0.2, 0.25) is 10.0 Å². The van der Waals surface area contributed by atoms with Crippen LogP contribution in [0.4, 0.5) is 17.2 Å². The Hall–Kier alpha value is -2.54. The Bertz CT molecular complexity index is 1130. The first-order chi connectivity index (χ1) is 13.1. The van der Waals surface area contributed by atoms with Gasteiger partial charge in [0.15, 0.2) is 5.82 Å². The van der Waals surface area contributed by atoms with Gasteiger partial charge in [0.1, 0.15) is 17.0 Å². The van der Waals surface area contributed by atoms with Gasteiger partial charge in [0.2, 0.25) is 0 Å². The summed E-state index contributed by atoms with van der Waals surface area (Å²) < 4.78 is 0. The molecule has 4 aromatic rings. The molecule has 0 unspecified atom stereocenters. The molecule has 27 heavy (non-hydrogen) atoms. The average molecular weight is 414 g/mol. The first-order valence-corrected chi connectivity index (χ1v) is 9.54. The second-order valence-electron chi connectivity index (χ2n) is 5.60. The standard InChI is InChI=1S/C19H13Cl2N5S/c20-12-6-2-7-13(15(12)21)26-18-16(22)19(25-10-24-18)27-14-8-1-4-11-5-3-9-23-17(11)14/h1-10H,22H2,(H,24,25,26). The number of hydrogen-bond donors (Lipinski definition) is 2. The number of anilines is 3. The first-order valence-electron chi connectivity index (χ1n) is 7.96. The minimum atomic E-state index is 0.407. The van der Waals surface area contributed by atoms with Gasteiger partial charge in [-0.2, -0.15) is 0 Å². The van der Waals surface area contributed by atoms with Crippen LogP contribution in [0.1, 0.15) is 0 Å². The largest absolute Gasteiger partial charge is 0.394 e. The number of aromatic nitrogens is 3. The molecular formula is C19H13Cl2N5S. The molecule has 5 nitrogen and oxygen atoms in total. The lowest BCUT2D eigenvalue weighted by Crippen LogP contribution is -2.02. The third-order valence-electron chi connectivity index (χ3n) is 3.85. The van der Waals surface area contributed by atoms with E-state index in [1.165, 1.54) is 18.1 Å². The van der Waals surface area contributed by atoms with Crippen molar-refractivity contribution in [3.8, 4) is 0 Å². The van der Waals surface area contributed by atoms with Gasteiger partial charge < -0.3 is 11.1 Å². The molecule has 0 aliphatic rings. The highest BCUT2D eigenvalue weighted by Gasteiger charge is 2.13. The van der Waals surface area contributed by atoms with Gasteiger partial charge in [0.25, 0.3) is 0 Å². The molecule has 134 valence electrons. The topological polar surface area (TPSA) is 76.7 Å². The number of pyridine rings is 1. The maximum absolute atomic E-state index is 6.31. The number of halogens is 2. The summed E-state index contributed by atoms with van der Waals surface area (Å²) in [6.07, 6.45) is 3.22.